The molecule has 7 heteroatoms. The van der Waals surface area contributed by atoms with E-state index in [0.29, 0.717) is 23.7 Å². The average Bonchev–Trinajstić information content (AvgIpc) is 3.08. The van der Waals surface area contributed by atoms with Gasteiger partial charge in [0.25, 0.3) is 0 Å². The summed E-state index contributed by atoms with van der Waals surface area (Å²) in [5, 5.41) is 0. The van der Waals surface area contributed by atoms with Crippen LogP contribution < -0.4 is 4.90 Å². The molecule has 5 aromatic heterocycles. The highest BCUT2D eigenvalue weighted by Gasteiger charge is 2.14. The van der Waals surface area contributed by atoms with E-state index in [9.17, 15) is 0 Å². The van der Waals surface area contributed by atoms with Crippen LogP contribution >= 0.6 is 0 Å². The van der Waals surface area contributed by atoms with Crippen molar-refractivity contribution >= 4 is 5.82 Å². The lowest BCUT2D eigenvalue weighted by molar-refractivity contribution is 0.589. The van der Waals surface area contributed by atoms with E-state index in [1.54, 1.807) is 0 Å². The predicted molar refractivity (Wildman–Crippen MR) is 232 cm³/mol. The van der Waals surface area contributed by atoms with E-state index in [1.165, 1.54) is 22.3 Å². The molecule has 5 aromatic rings. The quantitative estimate of drug-likeness (QED) is 0.178. The molecule has 0 aliphatic rings. The molecule has 0 fully saturated rings. The zero-order valence-electron chi connectivity index (χ0n) is 36.9. The Morgan fingerprint density at radius 3 is 1.37 bits per heavy atom. The molecule has 0 bridgehead atoms. The van der Waals surface area contributed by atoms with Gasteiger partial charge in [-0.05, 0) is 141 Å². The number of aromatic nitrogens is 6. The highest BCUT2D eigenvalue weighted by molar-refractivity contribution is 5.41. The van der Waals surface area contributed by atoms with Crippen LogP contribution in [0.5, 0.6) is 0 Å². The van der Waals surface area contributed by atoms with Crippen molar-refractivity contribution in [1.29, 1.82) is 0 Å². The van der Waals surface area contributed by atoms with Gasteiger partial charge < -0.3 is 4.90 Å². The largest absolute Gasteiger partial charge is 0.363 e. The lowest BCUT2D eigenvalue weighted by Gasteiger charge is -2.21. The lowest BCUT2D eigenvalue weighted by Crippen LogP contribution is -2.15. The molecule has 0 atom stereocenters. The number of hydrogen-bond donors (Lipinski definition) is 0. The Labute approximate surface area is 329 Å². The Hall–Kier alpha value is -4.52. The van der Waals surface area contributed by atoms with Gasteiger partial charge in [-0.15, -0.1) is 0 Å². The third-order valence-corrected chi connectivity index (χ3v) is 8.38. The van der Waals surface area contributed by atoms with Gasteiger partial charge in [-0.25, -0.2) is 15.0 Å². The Morgan fingerprint density at radius 2 is 0.963 bits per heavy atom. The second kappa shape index (κ2) is 23.3. The zero-order valence-corrected chi connectivity index (χ0v) is 36.9. The van der Waals surface area contributed by atoms with E-state index in [2.05, 4.69) is 142 Å². The molecular weight excluding hydrogens is 663 g/mol. The second-order valence-electron chi connectivity index (χ2n) is 16.3. The van der Waals surface area contributed by atoms with E-state index >= 15 is 0 Å². The number of aryl methyl sites for hydroxylation is 5. The van der Waals surface area contributed by atoms with Gasteiger partial charge in [0, 0.05) is 67.4 Å². The van der Waals surface area contributed by atoms with Crippen LogP contribution in [0.1, 0.15) is 156 Å². The van der Waals surface area contributed by atoms with Gasteiger partial charge in [0.05, 0.1) is 0 Å². The molecule has 0 unspecified atom stereocenters. The first-order valence-electron chi connectivity index (χ1n) is 19.3. The van der Waals surface area contributed by atoms with Crippen LogP contribution in [0, 0.1) is 34.6 Å². The van der Waals surface area contributed by atoms with E-state index < -0.39 is 0 Å². The maximum absolute atomic E-state index is 4.32. The molecule has 0 spiro atoms. The van der Waals surface area contributed by atoms with Gasteiger partial charge in [-0.1, -0.05) is 76.2 Å². The molecule has 7 nitrogen and oxygen atoms in total. The van der Waals surface area contributed by atoms with Crippen molar-refractivity contribution < 1.29 is 0 Å². The van der Waals surface area contributed by atoms with Crippen LogP contribution in [-0.4, -0.2) is 44.0 Å². The Morgan fingerprint density at radius 1 is 0.481 bits per heavy atom. The van der Waals surface area contributed by atoms with Crippen LogP contribution in [0.3, 0.4) is 0 Å². The third kappa shape index (κ3) is 19.0. The molecule has 0 aliphatic heterocycles. The summed E-state index contributed by atoms with van der Waals surface area (Å²) in [6.07, 6.45) is 7.39. The fourth-order valence-electron chi connectivity index (χ4n) is 5.05. The molecule has 0 aromatic carbocycles. The Bertz CT molecular complexity index is 1690. The van der Waals surface area contributed by atoms with Crippen molar-refractivity contribution in [3.8, 4) is 0 Å². The van der Waals surface area contributed by atoms with Crippen LogP contribution in [0.25, 0.3) is 0 Å². The van der Waals surface area contributed by atoms with Gasteiger partial charge >= 0.3 is 0 Å². The van der Waals surface area contributed by atoms with Crippen molar-refractivity contribution in [2.75, 3.05) is 19.0 Å². The van der Waals surface area contributed by atoms with Gasteiger partial charge in [0.1, 0.15) is 11.6 Å². The average molecular weight is 734 g/mol. The van der Waals surface area contributed by atoms with Crippen LogP contribution in [0.2, 0.25) is 0 Å². The molecule has 0 amide bonds. The van der Waals surface area contributed by atoms with Gasteiger partial charge in [0.15, 0.2) is 0 Å². The summed E-state index contributed by atoms with van der Waals surface area (Å²) in [7, 11) is 4.02. The molecule has 5 rings (SSSR count). The maximum Gasteiger partial charge on any atom is 0.128 e. The zero-order chi connectivity index (χ0) is 41.2. The Kier molecular flexibility index (Phi) is 20.5. The lowest BCUT2D eigenvalue weighted by atomic mass is 9.88. The molecule has 0 saturated carbocycles. The van der Waals surface area contributed by atoms with Crippen molar-refractivity contribution in [2.45, 2.75) is 140 Å². The number of nitrogens with zero attached hydrogens (tertiary/aromatic N) is 7. The van der Waals surface area contributed by atoms with Gasteiger partial charge in [-0.3, -0.25) is 15.0 Å². The normalized spacial score (nSPS) is 10.7. The highest BCUT2D eigenvalue weighted by Crippen LogP contribution is 2.24. The first kappa shape index (κ1) is 47.5. The Balaban J connectivity index is 0.000000339. The fraction of sp³-hybridized carbons (Fsp3) is 0.489. The van der Waals surface area contributed by atoms with Gasteiger partial charge in [-0.2, -0.15) is 0 Å². The number of rotatable bonds is 5. The summed E-state index contributed by atoms with van der Waals surface area (Å²) in [4.78, 5) is 27.2. The number of pyridine rings is 4. The van der Waals surface area contributed by atoms with Crippen molar-refractivity contribution in [3.05, 3.63) is 136 Å². The smallest absolute Gasteiger partial charge is 0.128 e. The summed E-state index contributed by atoms with van der Waals surface area (Å²) >= 11 is 0. The fourth-order valence-corrected chi connectivity index (χ4v) is 5.05. The minimum Gasteiger partial charge on any atom is -0.363 e. The van der Waals surface area contributed by atoms with Gasteiger partial charge in [0.2, 0.25) is 0 Å². The van der Waals surface area contributed by atoms with Crippen molar-refractivity contribution in [2.24, 2.45) is 0 Å². The van der Waals surface area contributed by atoms with Crippen molar-refractivity contribution in [1.82, 2.24) is 29.9 Å². The second-order valence-corrected chi connectivity index (χ2v) is 16.3. The molecule has 294 valence electrons. The summed E-state index contributed by atoms with van der Waals surface area (Å²) in [6.45, 7) is 34.1. The highest BCUT2D eigenvalue weighted by atomic mass is 15.1. The van der Waals surface area contributed by atoms with E-state index in [-0.39, 0.29) is 5.41 Å². The first-order chi connectivity index (χ1) is 25.1. The summed E-state index contributed by atoms with van der Waals surface area (Å²) in [6, 6.07) is 18.8. The molecule has 54 heavy (non-hydrogen) atoms. The van der Waals surface area contributed by atoms with E-state index in [0.717, 1.165) is 40.1 Å². The maximum atomic E-state index is 4.32. The molecule has 0 N–H and O–H groups in total. The van der Waals surface area contributed by atoms with Crippen LogP contribution in [-0.2, 0) is 5.41 Å². The third-order valence-electron chi connectivity index (χ3n) is 8.38. The monoisotopic (exact) mass is 734 g/mol. The molecule has 5 heterocycles. The van der Waals surface area contributed by atoms with Crippen LogP contribution in [0.15, 0.2) is 79.4 Å². The number of anilines is 1. The van der Waals surface area contributed by atoms with Crippen molar-refractivity contribution in [3.63, 3.8) is 0 Å². The van der Waals surface area contributed by atoms with Crippen LogP contribution in [0.4, 0.5) is 5.82 Å². The molecule has 0 saturated heterocycles. The summed E-state index contributed by atoms with van der Waals surface area (Å²) < 4.78 is 0. The molecular formula is C47H71N7. The standard InChI is InChI=1S/C11H18N2.C10H15N.C9H14N2.C9H13N.C8H11N/c1-11(2,3)9-6-7-12-10(8-9)13(4)5;1-7(2)10-5-8(3)11-9(4)6-10;1-6(2)9-5-7(3)10-8(4)11-9;1-7(2)9-4-5-10-8(3)6-9;1-7(2)8-3-5-9-6-4-8/h6-8H,1-5H3;5-7H,1-4H3;5-6H,1-4H3;4-7H,1-3H3;3-7H,1-2H3. The predicted octanol–water partition coefficient (Wildman–Crippen LogP) is 12.2. The van der Waals surface area contributed by atoms with E-state index in [1.807, 2.05) is 96.6 Å². The molecule has 0 aliphatic carbocycles. The van der Waals surface area contributed by atoms with E-state index in [4.69, 9.17) is 0 Å². The SMILES string of the molecule is CC(C)c1ccncc1.CN(C)c1cc(C(C)(C)C)ccn1.Cc1cc(C(C)C)cc(C)n1.Cc1cc(C(C)C)ccn1.Cc1cc(C(C)C)nc(C)n1. The summed E-state index contributed by atoms with van der Waals surface area (Å²) in [5.41, 5.74) is 11.2. The topological polar surface area (TPSA) is 80.6 Å². The minimum absolute atomic E-state index is 0.202. The minimum atomic E-state index is 0.202. The summed E-state index contributed by atoms with van der Waals surface area (Å²) in [5.74, 6) is 4.22. The molecule has 0 radical (unpaired) electrons. The number of hydrogen-bond acceptors (Lipinski definition) is 7. The first-order valence-corrected chi connectivity index (χ1v) is 19.3.